The molecule has 0 rings (SSSR count). The predicted octanol–water partition coefficient (Wildman–Crippen LogP) is 2.48. The number of nitrogens with zero attached hydrogens (tertiary/aromatic N) is 2. The summed E-state index contributed by atoms with van der Waals surface area (Å²) in [7, 11) is 0. The van der Waals surface area contributed by atoms with Crippen molar-refractivity contribution in [3.05, 3.63) is 0 Å². The van der Waals surface area contributed by atoms with Gasteiger partial charge < -0.3 is 0 Å². The Morgan fingerprint density at radius 1 is 1.00 bits per heavy atom. The SMILES string of the molecule is CC(C)(C)N=C=NC(F)(F)F. The van der Waals surface area contributed by atoms with Crippen LogP contribution in [0, 0.1) is 0 Å². The molecule has 0 spiro atoms. The van der Waals surface area contributed by atoms with E-state index in [9.17, 15) is 13.2 Å². The number of hydrogen-bond donors (Lipinski definition) is 0. The Bertz CT molecular complexity index is 163. The van der Waals surface area contributed by atoms with Crippen LogP contribution in [0.3, 0.4) is 0 Å². The first-order valence-electron chi connectivity index (χ1n) is 2.96. The smallest absolute Gasteiger partial charge is 0.220 e. The zero-order chi connectivity index (χ0) is 9.12. The predicted molar refractivity (Wildman–Crippen MR) is 35.7 cm³/mol. The molecule has 11 heavy (non-hydrogen) atoms. The molecule has 0 aromatic carbocycles. The summed E-state index contributed by atoms with van der Waals surface area (Å²) in [5.41, 5.74) is -0.561. The van der Waals surface area contributed by atoms with Crippen molar-refractivity contribution in [2.24, 2.45) is 9.98 Å². The molecule has 0 unspecified atom stereocenters. The molecule has 0 aromatic rings. The summed E-state index contributed by atoms with van der Waals surface area (Å²) in [6.45, 7) is 4.98. The minimum atomic E-state index is -4.56. The van der Waals surface area contributed by atoms with Gasteiger partial charge in [-0.25, -0.2) is 4.99 Å². The lowest BCUT2D eigenvalue weighted by molar-refractivity contribution is -0.118. The Labute approximate surface area is 62.9 Å². The summed E-state index contributed by atoms with van der Waals surface area (Å²) < 4.78 is 34.0. The van der Waals surface area contributed by atoms with Gasteiger partial charge in [0.2, 0.25) is 0 Å². The molecule has 5 heteroatoms. The van der Waals surface area contributed by atoms with E-state index in [2.05, 4.69) is 9.98 Å². The second-order valence-electron chi connectivity index (χ2n) is 2.96. The minimum Gasteiger partial charge on any atom is -0.220 e. The van der Waals surface area contributed by atoms with Crippen LogP contribution in [-0.4, -0.2) is 17.8 Å². The average molecular weight is 166 g/mol. The fourth-order valence-electron chi connectivity index (χ4n) is 0.232. The number of alkyl halides is 3. The first kappa shape index (κ1) is 10.2. The number of rotatable bonds is 0. The lowest BCUT2D eigenvalue weighted by atomic mass is 10.1. The molecule has 0 saturated carbocycles. The fourth-order valence-corrected chi connectivity index (χ4v) is 0.232. The van der Waals surface area contributed by atoms with Crippen molar-refractivity contribution in [1.82, 2.24) is 0 Å². The normalized spacial score (nSPS) is 12.2. The summed E-state index contributed by atoms with van der Waals surface area (Å²) in [5.74, 6) is 0. The molecule has 64 valence electrons. The van der Waals surface area contributed by atoms with Crippen LogP contribution in [0.25, 0.3) is 0 Å². The van der Waals surface area contributed by atoms with E-state index >= 15 is 0 Å². The molecule has 0 heterocycles. The van der Waals surface area contributed by atoms with Gasteiger partial charge in [0.25, 0.3) is 0 Å². The van der Waals surface area contributed by atoms with Crippen LogP contribution in [0.4, 0.5) is 13.2 Å². The molecule has 0 saturated heterocycles. The molecule has 0 aliphatic rings. The van der Waals surface area contributed by atoms with E-state index in [1.165, 1.54) is 0 Å². The van der Waals surface area contributed by atoms with Gasteiger partial charge in [0.15, 0.2) is 0 Å². The Balaban J connectivity index is 4.25. The summed E-state index contributed by atoms with van der Waals surface area (Å²) in [6.07, 6.45) is -4.56. The highest BCUT2D eigenvalue weighted by atomic mass is 19.4. The van der Waals surface area contributed by atoms with Gasteiger partial charge in [0.05, 0.1) is 11.5 Å². The number of aliphatic imine (C=N–C) groups is 2. The molecule has 0 bridgehead atoms. The maximum Gasteiger partial charge on any atom is 0.512 e. The Morgan fingerprint density at radius 3 is 1.73 bits per heavy atom. The maximum absolute atomic E-state index is 11.3. The van der Waals surface area contributed by atoms with E-state index in [0.717, 1.165) is 0 Å². The largest absolute Gasteiger partial charge is 0.512 e. The molecular formula is C6H9F3N2. The lowest BCUT2D eigenvalue weighted by Gasteiger charge is -2.06. The van der Waals surface area contributed by atoms with Gasteiger partial charge in [-0.1, -0.05) is 0 Å². The molecule has 0 atom stereocenters. The van der Waals surface area contributed by atoms with Gasteiger partial charge >= 0.3 is 6.30 Å². The van der Waals surface area contributed by atoms with Crippen molar-refractivity contribution in [3.8, 4) is 0 Å². The third-order valence-electron chi connectivity index (χ3n) is 0.562. The van der Waals surface area contributed by atoms with Crippen molar-refractivity contribution < 1.29 is 13.2 Å². The minimum absolute atomic E-state index is 0.561. The van der Waals surface area contributed by atoms with Crippen LogP contribution >= 0.6 is 0 Å². The third-order valence-corrected chi connectivity index (χ3v) is 0.562. The van der Waals surface area contributed by atoms with E-state index in [4.69, 9.17) is 0 Å². The quantitative estimate of drug-likeness (QED) is 0.390. The molecule has 0 aromatic heterocycles. The topological polar surface area (TPSA) is 24.7 Å². The zero-order valence-corrected chi connectivity index (χ0v) is 6.53. The van der Waals surface area contributed by atoms with Crippen LogP contribution in [0.5, 0.6) is 0 Å². The average Bonchev–Trinajstić information content (AvgIpc) is 1.55. The molecule has 0 fully saturated rings. The summed E-state index contributed by atoms with van der Waals surface area (Å²) >= 11 is 0. The van der Waals surface area contributed by atoms with Crippen molar-refractivity contribution in [1.29, 1.82) is 0 Å². The van der Waals surface area contributed by atoms with E-state index in [1.54, 1.807) is 26.8 Å². The van der Waals surface area contributed by atoms with E-state index < -0.39 is 11.8 Å². The highest BCUT2D eigenvalue weighted by molar-refractivity contribution is 5.42. The second kappa shape index (κ2) is 3.05. The fraction of sp³-hybridized carbons (Fsp3) is 0.833. The van der Waals surface area contributed by atoms with Gasteiger partial charge in [0, 0.05) is 0 Å². The third kappa shape index (κ3) is 9.17. The van der Waals surface area contributed by atoms with Crippen molar-refractivity contribution in [2.45, 2.75) is 32.6 Å². The zero-order valence-electron chi connectivity index (χ0n) is 6.53. The summed E-state index contributed by atoms with van der Waals surface area (Å²) in [6, 6.07) is 1.59. The standard InChI is InChI=1S/C6H9F3N2/c1-5(2,3)10-4-11-6(7,8)9/h1-3H3. The van der Waals surface area contributed by atoms with Crippen molar-refractivity contribution in [3.63, 3.8) is 0 Å². The van der Waals surface area contributed by atoms with E-state index in [-0.39, 0.29) is 0 Å². The van der Waals surface area contributed by atoms with Gasteiger partial charge in [0.1, 0.15) is 0 Å². The molecule has 0 amide bonds. The summed E-state index contributed by atoms with van der Waals surface area (Å²) in [4.78, 5) is 5.53. The van der Waals surface area contributed by atoms with Gasteiger partial charge in [-0.05, 0) is 20.8 Å². The van der Waals surface area contributed by atoms with Crippen molar-refractivity contribution >= 4 is 6.01 Å². The lowest BCUT2D eigenvalue weighted by Crippen LogP contribution is -2.09. The molecule has 0 radical (unpaired) electrons. The maximum atomic E-state index is 11.3. The van der Waals surface area contributed by atoms with Crippen LogP contribution < -0.4 is 0 Å². The highest BCUT2D eigenvalue weighted by Gasteiger charge is 2.25. The first-order valence-corrected chi connectivity index (χ1v) is 2.96. The van der Waals surface area contributed by atoms with Gasteiger partial charge in [-0.2, -0.15) is 0 Å². The van der Waals surface area contributed by atoms with Crippen molar-refractivity contribution in [2.75, 3.05) is 0 Å². The van der Waals surface area contributed by atoms with Gasteiger partial charge in [-0.15, -0.1) is 18.2 Å². The second-order valence-corrected chi connectivity index (χ2v) is 2.96. The molecule has 2 nitrogen and oxygen atoms in total. The Morgan fingerprint density at radius 2 is 1.45 bits per heavy atom. The van der Waals surface area contributed by atoms with Crippen LogP contribution in [-0.2, 0) is 0 Å². The van der Waals surface area contributed by atoms with Crippen LogP contribution in [0.2, 0.25) is 0 Å². The summed E-state index contributed by atoms with van der Waals surface area (Å²) in [5, 5.41) is 0. The monoisotopic (exact) mass is 166 g/mol. The highest BCUT2D eigenvalue weighted by Crippen LogP contribution is 2.14. The molecule has 0 aliphatic heterocycles. The first-order chi connectivity index (χ1) is 4.71. The molecular weight excluding hydrogens is 157 g/mol. The van der Waals surface area contributed by atoms with Gasteiger partial charge in [-0.3, -0.25) is 0 Å². The Hall–Kier alpha value is -0.830. The molecule has 0 aliphatic carbocycles. The molecule has 0 N–H and O–H groups in total. The van der Waals surface area contributed by atoms with Crippen LogP contribution in [0.1, 0.15) is 20.8 Å². The number of halogens is 3. The van der Waals surface area contributed by atoms with E-state index in [1.807, 2.05) is 0 Å². The van der Waals surface area contributed by atoms with E-state index in [0.29, 0.717) is 0 Å². The Kier molecular flexibility index (Phi) is 2.82. The van der Waals surface area contributed by atoms with Crippen LogP contribution in [0.15, 0.2) is 9.98 Å². The number of hydrogen-bond acceptors (Lipinski definition) is 2.